The molecule has 5 heteroatoms. The number of aromatic nitrogens is 1. The average molecular weight is 302 g/mol. The Balaban J connectivity index is 2.38. The molecule has 0 aliphatic carbocycles. The molecule has 0 amide bonds. The van der Waals surface area contributed by atoms with Crippen molar-refractivity contribution in [1.29, 1.82) is 0 Å². The lowest BCUT2D eigenvalue weighted by atomic mass is 10.2. The zero-order chi connectivity index (χ0) is 9.54. The quantitative estimate of drug-likeness (QED) is 0.758. The van der Waals surface area contributed by atoms with Gasteiger partial charge in [0.1, 0.15) is 6.61 Å². The van der Waals surface area contributed by atoms with Crippen LogP contribution in [0.2, 0.25) is 0 Å². The number of benzene rings is 1. The summed E-state index contributed by atoms with van der Waals surface area (Å²) in [6.07, 6.45) is 0. The van der Waals surface area contributed by atoms with Crippen LogP contribution in [0, 0.1) is 3.70 Å². The molecular weight excluding hydrogens is 295 g/mol. The van der Waals surface area contributed by atoms with Gasteiger partial charge in [0, 0.05) is 6.54 Å². The Hall–Kier alpha value is -0.980. The third-order valence-corrected chi connectivity index (χ3v) is 2.95. The summed E-state index contributed by atoms with van der Waals surface area (Å²) in [6.45, 7) is 1.54. The standard InChI is InChI=1S/C9H7IN2O2/c10-9-7-6(14-12-9)2-1-5-8(7)13-4-3-11-5/h1-2,11H,3-4H2. The van der Waals surface area contributed by atoms with E-state index >= 15 is 0 Å². The van der Waals surface area contributed by atoms with E-state index in [2.05, 4.69) is 33.1 Å². The lowest BCUT2D eigenvalue weighted by Crippen LogP contribution is -2.18. The van der Waals surface area contributed by atoms with E-state index in [9.17, 15) is 0 Å². The molecule has 1 aromatic heterocycles. The number of anilines is 1. The van der Waals surface area contributed by atoms with Crippen LogP contribution < -0.4 is 10.1 Å². The lowest BCUT2D eigenvalue weighted by molar-refractivity contribution is 0.327. The van der Waals surface area contributed by atoms with Gasteiger partial charge in [0.05, 0.1) is 11.1 Å². The minimum absolute atomic E-state index is 0.688. The van der Waals surface area contributed by atoms with Gasteiger partial charge in [-0.15, -0.1) is 0 Å². The van der Waals surface area contributed by atoms with E-state index in [0.29, 0.717) is 6.61 Å². The largest absolute Gasteiger partial charge is 0.489 e. The van der Waals surface area contributed by atoms with Gasteiger partial charge in [-0.25, -0.2) is 0 Å². The average Bonchev–Trinajstić information content (AvgIpc) is 2.61. The summed E-state index contributed by atoms with van der Waals surface area (Å²) >= 11 is 2.15. The van der Waals surface area contributed by atoms with E-state index in [0.717, 1.165) is 32.7 Å². The maximum Gasteiger partial charge on any atom is 0.171 e. The highest BCUT2D eigenvalue weighted by Gasteiger charge is 2.18. The van der Waals surface area contributed by atoms with Crippen LogP contribution in [0.5, 0.6) is 5.75 Å². The number of nitrogens with one attached hydrogen (secondary N) is 1. The molecule has 0 saturated heterocycles. The predicted octanol–water partition coefficient (Wildman–Crippen LogP) is 2.24. The molecule has 14 heavy (non-hydrogen) atoms. The van der Waals surface area contributed by atoms with E-state index in [1.54, 1.807) is 0 Å². The molecule has 3 rings (SSSR count). The third kappa shape index (κ3) is 1.08. The predicted molar refractivity (Wildman–Crippen MR) is 60.7 cm³/mol. The molecule has 0 radical (unpaired) electrons. The van der Waals surface area contributed by atoms with Gasteiger partial charge in [0.25, 0.3) is 0 Å². The Labute approximate surface area is 93.7 Å². The fourth-order valence-corrected chi connectivity index (χ4v) is 2.21. The van der Waals surface area contributed by atoms with E-state index in [1.807, 2.05) is 12.1 Å². The van der Waals surface area contributed by atoms with E-state index < -0.39 is 0 Å². The third-order valence-electron chi connectivity index (χ3n) is 2.21. The first kappa shape index (κ1) is 8.34. The van der Waals surface area contributed by atoms with Crippen LogP contribution >= 0.6 is 22.6 Å². The van der Waals surface area contributed by atoms with E-state index in [4.69, 9.17) is 9.26 Å². The van der Waals surface area contributed by atoms with E-state index in [-0.39, 0.29) is 0 Å². The van der Waals surface area contributed by atoms with Crippen LogP contribution in [-0.4, -0.2) is 18.3 Å². The molecule has 1 N–H and O–H groups in total. The molecule has 1 aromatic carbocycles. The van der Waals surface area contributed by atoms with Crippen molar-refractivity contribution in [3.63, 3.8) is 0 Å². The number of fused-ring (bicyclic) bond motifs is 3. The lowest BCUT2D eigenvalue weighted by Gasteiger charge is -2.19. The summed E-state index contributed by atoms with van der Waals surface area (Å²) < 4.78 is 11.6. The molecule has 2 heterocycles. The maximum absolute atomic E-state index is 5.61. The topological polar surface area (TPSA) is 47.3 Å². The highest BCUT2D eigenvalue weighted by molar-refractivity contribution is 14.1. The molecule has 0 saturated carbocycles. The summed E-state index contributed by atoms with van der Waals surface area (Å²) in [4.78, 5) is 0. The Bertz CT molecular complexity index is 495. The van der Waals surface area contributed by atoms with Gasteiger partial charge in [-0.3, -0.25) is 0 Å². The summed E-state index contributed by atoms with van der Waals surface area (Å²) in [5.74, 6) is 0.861. The minimum atomic E-state index is 0.688. The van der Waals surface area contributed by atoms with Gasteiger partial charge in [-0.1, -0.05) is 5.16 Å². The Morgan fingerprint density at radius 1 is 1.43 bits per heavy atom. The second-order valence-corrected chi connectivity index (χ2v) is 4.09. The molecule has 0 bridgehead atoms. The van der Waals surface area contributed by atoms with Gasteiger partial charge < -0.3 is 14.6 Å². The van der Waals surface area contributed by atoms with Gasteiger partial charge in [0.15, 0.2) is 15.0 Å². The summed E-state index contributed by atoms with van der Waals surface area (Å²) in [5, 5.41) is 8.15. The fourth-order valence-electron chi connectivity index (χ4n) is 1.60. The molecule has 0 unspecified atom stereocenters. The first-order chi connectivity index (χ1) is 6.86. The van der Waals surface area contributed by atoms with Crippen LogP contribution in [0.3, 0.4) is 0 Å². The van der Waals surface area contributed by atoms with Crippen molar-refractivity contribution < 1.29 is 9.26 Å². The number of hydrogen-bond acceptors (Lipinski definition) is 4. The molecule has 2 aromatic rings. The van der Waals surface area contributed by atoms with Gasteiger partial charge in [0.2, 0.25) is 0 Å². The molecule has 72 valence electrons. The normalized spacial score (nSPS) is 14.6. The van der Waals surface area contributed by atoms with Crippen molar-refractivity contribution in [2.45, 2.75) is 0 Å². The zero-order valence-electron chi connectivity index (χ0n) is 7.21. The number of ether oxygens (including phenoxy) is 1. The number of rotatable bonds is 0. The van der Waals surface area contributed by atoms with Crippen LogP contribution in [0.4, 0.5) is 5.69 Å². The fraction of sp³-hybridized carbons (Fsp3) is 0.222. The molecule has 4 nitrogen and oxygen atoms in total. The van der Waals surface area contributed by atoms with Crippen LogP contribution in [0.1, 0.15) is 0 Å². The molecule has 0 spiro atoms. The van der Waals surface area contributed by atoms with Gasteiger partial charge >= 0.3 is 0 Å². The number of nitrogens with zero attached hydrogens (tertiary/aromatic N) is 1. The zero-order valence-corrected chi connectivity index (χ0v) is 9.37. The first-order valence-corrected chi connectivity index (χ1v) is 5.39. The Kier molecular flexibility index (Phi) is 1.79. The second-order valence-electron chi connectivity index (χ2n) is 3.06. The van der Waals surface area contributed by atoms with Crippen molar-refractivity contribution in [2.75, 3.05) is 18.5 Å². The Morgan fingerprint density at radius 2 is 2.36 bits per heavy atom. The molecule has 0 fully saturated rings. The number of hydrogen-bond donors (Lipinski definition) is 1. The van der Waals surface area contributed by atoms with Crippen molar-refractivity contribution in [2.24, 2.45) is 0 Å². The molecule has 0 atom stereocenters. The van der Waals surface area contributed by atoms with Crippen molar-refractivity contribution in [3.8, 4) is 5.75 Å². The monoisotopic (exact) mass is 302 g/mol. The van der Waals surface area contributed by atoms with E-state index in [1.165, 1.54) is 0 Å². The summed E-state index contributed by atoms with van der Waals surface area (Å²) in [5.41, 5.74) is 1.79. The summed E-state index contributed by atoms with van der Waals surface area (Å²) in [7, 11) is 0. The van der Waals surface area contributed by atoms with Crippen molar-refractivity contribution >= 4 is 39.2 Å². The second kappa shape index (κ2) is 3.01. The van der Waals surface area contributed by atoms with Crippen molar-refractivity contribution in [1.82, 2.24) is 5.16 Å². The molecule has 1 aliphatic heterocycles. The Morgan fingerprint density at radius 3 is 3.29 bits per heavy atom. The van der Waals surface area contributed by atoms with Crippen LogP contribution in [0.25, 0.3) is 11.0 Å². The maximum atomic E-state index is 5.61. The SMILES string of the molecule is Ic1noc2ccc3c(c12)OCCN3. The molecule has 1 aliphatic rings. The summed E-state index contributed by atoms with van der Waals surface area (Å²) in [6, 6.07) is 3.86. The highest BCUT2D eigenvalue weighted by Crippen LogP contribution is 2.37. The van der Waals surface area contributed by atoms with Crippen molar-refractivity contribution in [3.05, 3.63) is 15.8 Å². The van der Waals surface area contributed by atoms with Gasteiger partial charge in [-0.05, 0) is 34.7 Å². The highest BCUT2D eigenvalue weighted by atomic mass is 127. The number of halogens is 1. The van der Waals surface area contributed by atoms with Crippen LogP contribution in [-0.2, 0) is 0 Å². The van der Waals surface area contributed by atoms with Gasteiger partial charge in [-0.2, -0.15) is 0 Å². The first-order valence-electron chi connectivity index (χ1n) is 4.31. The smallest absolute Gasteiger partial charge is 0.171 e. The molecular formula is C9H7IN2O2. The van der Waals surface area contributed by atoms with Crippen LogP contribution in [0.15, 0.2) is 16.7 Å². The minimum Gasteiger partial charge on any atom is -0.489 e.